The first-order valence-corrected chi connectivity index (χ1v) is 6.10. The molecule has 1 heterocycles. The zero-order chi connectivity index (χ0) is 14.6. The van der Waals surface area contributed by atoms with Crippen LogP contribution in [-0.4, -0.2) is 26.7 Å². The molecule has 0 bridgehead atoms. The van der Waals surface area contributed by atoms with Gasteiger partial charge in [0.15, 0.2) is 5.84 Å². The van der Waals surface area contributed by atoms with Crippen LogP contribution in [-0.2, 0) is 18.4 Å². The molecule has 0 radical (unpaired) electrons. The lowest BCUT2D eigenvalue weighted by Gasteiger charge is -2.25. The van der Waals surface area contributed by atoms with Crippen molar-refractivity contribution in [3.8, 4) is 0 Å². The Hall–Kier alpha value is -2.05. The van der Waals surface area contributed by atoms with Crippen molar-refractivity contribution in [3.63, 3.8) is 0 Å². The molecule has 1 unspecified atom stereocenters. The number of amides is 1. The normalized spacial score (nSPS) is 15.1. The number of carbonyl (C=O) groups excluding carboxylic acids is 1. The Morgan fingerprint density at radius 1 is 1.68 bits per heavy atom. The van der Waals surface area contributed by atoms with Crippen LogP contribution in [0.25, 0.3) is 0 Å². The molecule has 106 valence electrons. The van der Waals surface area contributed by atoms with Crippen molar-refractivity contribution in [2.45, 2.75) is 33.7 Å². The Morgan fingerprint density at radius 3 is 2.74 bits per heavy atom. The number of amidine groups is 1. The van der Waals surface area contributed by atoms with Crippen molar-refractivity contribution in [2.24, 2.45) is 23.4 Å². The number of oxime groups is 1. The fourth-order valence-corrected chi connectivity index (χ4v) is 1.76. The van der Waals surface area contributed by atoms with Gasteiger partial charge in [0, 0.05) is 25.4 Å². The second kappa shape index (κ2) is 5.73. The van der Waals surface area contributed by atoms with Crippen LogP contribution < -0.4 is 11.1 Å². The summed E-state index contributed by atoms with van der Waals surface area (Å²) in [7, 11) is 1.82. The van der Waals surface area contributed by atoms with E-state index in [1.54, 1.807) is 11.6 Å². The summed E-state index contributed by atoms with van der Waals surface area (Å²) in [4.78, 5) is 12.2. The average molecular weight is 267 g/mol. The van der Waals surface area contributed by atoms with E-state index < -0.39 is 5.41 Å². The minimum atomic E-state index is -1.01. The number of hydrogen-bond acceptors (Lipinski definition) is 4. The molecule has 0 spiro atoms. The van der Waals surface area contributed by atoms with Crippen molar-refractivity contribution in [1.82, 2.24) is 15.1 Å². The topological polar surface area (TPSA) is 106 Å². The van der Waals surface area contributed by atoms with Crippen LogP contribution in [0.2, 0.25) is 0 Å². The second-order valence-corrected chi connectivity index (χ2v) is 4.77. The predicted molar refractivity (Wildman–Crippen MR) is 71.6 cm³/mol. The van der Waals surface area contributed by atoms with Gasteiger partial charge in [-0.1, -0.05) is 12.1 Å². The Morgan fingerprint density at radius 2 is 2.32 bits per heavy atom. The summed E-state index contributed by atoms with van der Waals surface area (Å²) in [5.41, 5.74) is 6.38. The highest BCUT2D eigenvalue weighted by Crippen LogP contribution is 2.21. The molecule has 1 atom stereocenters. The first-order valence-electron chi connectivity index (χ1n) is 6.10. The summed E-state index contributed by atoms with van der Waals surface area (Å²) >= 11 is 0. The lowest BCUT2D eigenvalue weighted by molar-refractivity contribution is -0.127. The summed E-state index contributed by atoms with van der Waals surface area (Å²) < 4.78 is 1.69. The zero-order valence-electron chi connectivity index (χ0n) is 11.8. The lowest BCUT2D eigenvalue weighted by Crippen LogP contribution is -2.47. The molecular weight excluding hydrogens is 246 g/mol. The predicted octanol–water partition coefficient (Wildman–Crippen LogP) is 0.507. The van der Waals surface area contributed by atoms with E-state index >= 15 is 0 Å². The third-order valence-electron chi connectivity index (χ3n) is 3.44. The van der Waals surface area contributed by atoms with Crippen molar-refractivity contribution in [2.75, 3.05) is 0 Å². The van der Waals surface area contributed by atoms with E-state index in [0.29, 0.717) is 13.0 Å². The van der Waals surface area contributed by atoms with Gasteiger partial charge in [-0.15, -0.1) is 0 Å². The van der Waals surface area contributed by atoms with E-state index in [0.717, 1.165) is 11.3 Å². The Kier molecular flexibility index (Phi) is 4.52. The van der Waals surface area contributed by atoms with Crippen LogP contribution in [0.15, 0.2) is 11.4 Å². The van der Waals surface area contributed by atoms with Crippen molar-refractivity contribution < 1.29 is 10.0 Å². The summed E-state index contributed by atoms with van der Waals surface area (Å²) in [6.07, 6.45) is 2.29. The molecule has 1 rings (SSSR count). The highest BCUT2D eigenvalue weighted by Gasteiger charge is 2.36. The van der Waals surface area contributed by atoms with Gasteiger partial charge in [-0.3, -0.25) is 9.48 Å². The molecule has 0 fully saturated rings. The molecule has 7 nitrogen and oxygen atoms in total. The standard InChI is InChI=1S/C12H21N5O2/c1-5-12(3,10(13)16-19)11(18)14-6-9-7-17(4)15-8(9)2/h7,19H,5-6H2,1-4H3,(H2,13,16)(H,14,18). The number of aromatic nitrogens is 2. The molecule has 0 aliphatic heterocycles. The molecule has 1 amide bonds. The number of nitrogens with zero attached hydrogens (tertiary/aromatic N) is 3. The molecule has 1 aromatic heterocycles. The average Bonchev–Trinajstić information content (AvgIpc) is 2.72. The maximum Gasteiger partial charge on any atom is 0.233 e. The first kappa shape index (κ1) is 15.0. The molecule has 19 heavy (non-hydrogen) atoms. The van der Waals surface area contributed by atoms with E-state index in [1.165, 1.54) is 0 Å². The lowest BCUT2D eigenvalue weighted by atomic mass is 9.85. The van der Waals surface area contributed by atoms with Crippen LogP contribution >= 0.6 is 0 Å². The maximum absolute atomic E-state index is 12.2. The molecule has 0 saturated heterocycles. The molecule has 0 aliphatic rings. The quantitative estimate of drug-likeness (QED) is 0.313. The van der Waals surface area contributed by atoms with Crippen LogP contribution in [0.1, 0.15) is 31.5 Å². The fourth-order valence-electron chi connectivity index (χ4n) is 1.76. The number of aryl methyl sites for hydroxylation is 2. The molecule has 1 aromatic rings. The van der Waals surface area contributed by atoms with Crippen LogP contribution in [0.5, 0.6) is 0 Å². The molecule has 0 aromatic carbocycles. The zero-order valence-corrected chi connectivity index (χ0v) is 11.8. The van der Waals surface area contributed by atoms with Gasteiger partial charge in [0.2, 0.25) is 5.91 Å². The summed E-state index contributed by atoms with van der Waals surface area (Å²) in [5.74, 6) is -0.357. The smallest absolute Gasteiger partial charge is 0.233 e. The van der Waals surface area contributed by atoms with E-state index in [9.17, 15) is 4.79 Å². The van der Waals surface area contributed by atoms with Gasteiger partial charge in [-0.05, 0) is 20.3 Å². The van der Waals surface area contributed by atoms with Crippen LogP contribution in [0.4, 0.5) is 0 Å². The third-order valence-corrected chi connectivity index (χ3v) is 3.44. The van der Waals surface area contributed by atoms with Crippen molar-refractivity contribution in [1.29, 1.82) is 0 Å². The number of rotatable bonds is 5. The molecule has 0 aliphatic carbocycles. The highest BCUT2D eigenvalue weighted by molar-refractivity contribution is 6.06. The molecular formula is C12H21N5O2. The van der Waals surface area contributed by atoms with Crippen molar-refractivity contribution in [3.05, 3.63) is 17.5 Å². The monoisotopic (exact) mass is 267 g/mol. The van der Waals surface area contributed by atoms with Gasteiger partial charge in [-0.2, -0.15) is 5.10 Å². The minimum Gasteiger partial charge on any atom is -0.409 e. The first-order chi connectivity index (χ1) is 8.85. The van der Waals surface area contributed by atoms with E-state index in [4.69, 9.17) is 10.9 Å². The summed E-state index contributed by atoms with van der Waals surface area (Å²) in [5, 5.41) is 18.7. The molecule has 4 N–H and O–H groups in total. The summed E-state index contributed by atoms with van der Waals surface area (Å²) in [6.45, 7) is 5.71. The number of carbonyl (C=O) groups is 1. The van der Waals surface area contributed by atoms with Gasteiger partial charge in [0.05, 0.1) is 5.69 Å². The molecule has 7 heteroatoms. The van der Waals surface area contributed by atoms with Gasteiger partial charge in [-0.25, -0.2) is 0 Å². The Balaban J connectivity index is 2.77. The summed E-state index contributed by atoms with van der Waals surface area (Å²) in [6, 6.07) is 0. The van der Waals surface area contributed by atoms with E-state index in [1.807, 2.05) is 27.1 Å². The van der Waals surface area contributed by atoms with Crippen LogP contribution in [0.3, 0.4) is 0 Å². The Labute approximate surface area is 112 Å². The highest BCUT2D eigenvalue weighted by atomic mass is 16.4. The second-order valence-electron chi connectivity index (χ2n) is 4.77. The van der Waals surface area contributed by atoms with Gasteiger partial charge < -0.3 is 16.3 Å². The SMILES string of the molecule is CCC(C)(C(=O)NCc1cn(C)nc1C)C(N)=NO. The third kappa shape index (κ3) is 3.04. The number of nitrogens with two attached hydrogens (primary N) is 1. The van der Waals surface area contributed by atoms with Gasteiger partial charge in [0.1, 0.15) is 5.41 Å². The largest absolute Gasteiger partial charge is 0.409 e. The van der Waals surface area contributed by atoms with E-state index in [2.05, 4.69) is 15.6 Å². The minimum absolute atomic E-state index is 0.0876. The van der Waals surface area contributed by atoms with Crippen molar-refractivity contribution >= 4 is 11.7 Å². The van der Waals surface area contributed by atoms with Crippen LogP contribution in [0, 0.1) is 12.3 Å². The number of hydrogen-bond donors (Lipinski definition) is 3. The number of nitrogens with one attached hydrogen (secondary N) is 1. The fraction of sp³-hybridized carbons (Fsp3) is 0.583. The maximum atomic E-state index is 12.2. The van der Waals surface area contributed by atoms with Gasteiger partial charge in [0.25, 0.3) is 0 Å². The Bertz CT molecular complexity index is 494. The van der Waals surface area contributed by atoms with Gasteiger partial charge >= 0.3 is 0 Å². The van der Waals surface area contributed by atoms with E-state index in [-0.39, 0.29) is 11.7 Å². The molecule has 0 saturated carbocycles.